The van der Waals surface area contributed by atoms with Gasteiger partial charge in [0.2, 0.25) is 0 Å². The molecule has 0 spiro atoms. The van der Waals surface area contributed by atoms with Crippen LogP contribution in [0.25, 0.3) is 0 Å². The maximum atomic E-state index is 6.14. The Bertz CT molecular complexity index is 554. The molecule has 0 radical (unpaired) electrons. The second-order valence-electron chi connectivity index (χ2n) is 13.2. The molecule has 0 aromatic rings. The van der Waals surface area contributed by atoms with Crippen LogP contribution in [0.3, 0.4) is 0 Å². The average Bonchev–Trinajstić information content (AvgIpc) is 2.54. The van der Waals surface area contributed by atoms with Gasteiger partial charge in [-0.05, 0) is 123 Å². The molecule has 1 fully saturated rings. The van der Waals surface area contributed by atoms with Crippen molar-refractivity contribution in [3.8, 4) is 0 Å². The lowest BCUT2D eigenvalue weighted by Crippen LogP contribution is -2.49. The van der Waals surface area contributed by atoms with Crippen molar-refractivity contribution in [1.29, 1.82) is 0 Å². The molecule has 1 aliphatic rings. The smallest absolute Gasteiger partial charge is 0.312 e. The Labute approximate surface area is 244 Å². The molecule has 1 saturated heterocycles. The van der Waals surface area contributed by atoms with E-state index in [-0.39, 0.29) is 0 Å². The van der Waals surface area contributed by atoms with E-state index in [2.05, 4.69) is 111 Å². The Hall–Kier alpha value is 1.67. The van der Waals surface area contributed by atoms with E-state index < -0.39 is 79.2 Å². The Balaban J connectivity index is 0. The van der Waals surface area contributed by atoms with E-state index in [0.717, 1.165) is 13.2 Å². The minimum absolute atomic E-state index is 0.799. The minimum atomic E-state index is -1.98. The Kier molecular flexibility index (Phi) is 20.9. The summed E-state index contributed by atoms with van der Waals surface area (Å²) in [5.41, 5.74) is 0. The third kappa shape index (κ3) is 30.5. The molecule has 0 saturated carbocycles. The minimum Gasteiger partial charge on any atom is -0.440 e. The van der Waals surface area contributed by atoms with Crippen molar-refractivity contribution in [2.24, 2.45) is 0 Å². The van der Waals surface area contributed by atoms with Crippen LogP contribution < -0.4 is 0 Å². The van der Waals surface area contributed by atoms with Crippen molar-refractivity contribution >= 4 is 79.2 Å². The van der Waals surface area contributed by atoms with Crippen molar-refractivity contribution in [1.82, 2.24) is 0 Å². The molecule has 0 aliphatic carbocycles. The van der Waals surface area contributed by atoms with E-state index in [9.17, 15) is 0 Å². The van der Waals surface area contributed by atoms with Crippen LogP contribution in [0.15, 0.2) is 0 Å². The average molecular weight is 682 g/mol. The third-order valence-corrected chi connectivity index (χ3v) is 28.6. The molecule has 3 atom stereocenters. The van der Waals surface area contributed by atoms with Crippen LogP contribution in [0.5, 0.6) is 0 Å². The first-order valence-corrected chi connectivity index (χ1v) is 39.1. The van der Waals surface area contributed by atoms with E-state index in [1.807, 2.05) is 0 Å². The van der Waals surface area contributed by atoms with Gasteiger partial charge in [0.05, 0.1) is 0 Å². The molecule has 1 aliphatic heterocycles. The van der Waals surface area contributed by atoms with Gasteiger partial charge >= 0.3 is 17.1 Å². The topological polar surface area (TPSA) is 64.6 Å². The third-order valence-electron chi connectivity index (χ3n) is 4.41. The summed E-state index contributed by atoms with van der Waals surface area (Å²) < 4.78 is 41.2. The van der Waals surface area contributed by atoms with Crippen LogP contribution in [-0.4, -0.2) is 92.4 Å². The monoisotopic (exact) mass is 680 g/mol. The highest BCUT2D eigenvalue weighted by Gasteiger charge is 2.34. The van der Waals surface area contributed by atoms with Crippen molar-refractivity contribution in [2.75, 3.05) is 13.2 Å². The van der Waals surface area contributed by atoms with Gasteiger partial charge in [-0.15, -0.1) is 0 Å². The van der Waals surface area contributed by atoms with E-state index in [1.165, 1.54) is 12.1 Å². The molecule has 1 heterocycles. The lowest BCUT2D eigenvalue weighted by molar-refractivity contribution is 0.283. The fourth-order valence-electron chi connectivity index (χ4n) is 3.88. The molecular weight excluding hydrogens is 617 g/mol. The quantitative estimate of drug-likeness (QED) is 0.275. The van der Waals surface area contributed by atoms with E-state index in [4.69, 9.17) is 29.4 Å². The highest BCUT2D eigenvalue weighted by molar-refractivity contribution is 6.85. The summed E-state index contributed by atoms with van der Waals surface area (Å²) >= 11 is 0. The van der Waals surface area contributed by atoms with Gasteiger partial charge in [-0.1, -0.05) is 0 Å². The summed E-state index contributed by atoms with van der Waals surface area (Å²) in [7, 11) is -11.6. The molecule has 1 rings (SSSR count). The molecule has 3 unspecified atom stereocenters. The van der Waals surface area contributed by atoms with Crippen molar-refractivity contribution in [3.63, 3.8) is 0 Å². The lowest BCUT2D eigenvalue weighted by atomic mass is 10.9. The van der Waals surface area contributed by atoms with Crippen LogP contribution >= 0.6 is 0 Å². The second kappa shape index (κ2) is 19.0. The maximum absolute atomic E-state index is 6.14. The van der Waals surface area contributed by atoms with Gasteiger partial charge in [0.1, 0.15) is 0 Å². The van der Waals surface area contributed by atoms with Gasteiger partial charge in [0, 0.05) is 13.2 Å². The predicted molar refractivity (Wildman–Crippen MR) is 185 cm³/mol. The Morgan fingerprint density at radius 2 is 0.919 bits per heavy atom. The van der Waals surface area contributed by atoms with Gasteiger partial charge in [-0.25, -0.2) is 0 Å². The molecule has 37 heavy (non-hydrogen) atoms. The standard InChI is InChI=1S/C9H28O3Si4.C6H20O2Si3.C6H16O2Si2/c1-13(10-14(2,3)4)11-16(8,9)12-15(5,6)7;1-9(2)7-11(5,6)8-10(3)4;1-9-5-3-8-10(2)6-4-7-9/h13H,1-9H3;9-10H,1-6H3;9-10H,3-6H2,1-2H3. The van der Waals surface area contributed by atoms with Gasteiger partial charge < -0.3 is 29.4 Å². The zero-order chi connectivity index (χ0) is 29.7. The lowest BCUT2D eigenvalue weighted by Gasteiger charge is -2.34. The maximum Gasteiger partial charge on any atom is 0.312 e. The normalized spacial score (nSPS) is 20.8. The van der Waals surface area contributed by atoms with E-state index in [1.54, 1.807) is 0 Å². The van der Waals surface area contributed by atoms with Crippen LogP contribution in [0.2, 0.25) is 123 Å². The highest BCUT2D eigenvalue weighted by atomic mass is 28.5. The zero-order valence-corrected chi connectivity index (χ0v) is 37.3. The molecule has 0 amide bonds. The number of hydrogen-bond donors (Lipinski definition) is 0. The molecule has 0 aromatic heterocycles. The van der Waals surface area contributed by atoms with Crippen molar-refractivity contribution in [3.05, 3.63) is 0 Å². The Morgan fingerprint density at radius 1 is 0.541 bits per heavy atom. The van der Waals surface area contributed by atoms with Gasteiger partial charge in [0.25, 0.3) is 9.28 Å². The summed E-state index contributed by atoms with van der Waals surface area (Å²) in [5.74, 6) is 0. The first kappa shape index (κ1) is 40.8. The number of hydrogen-bond acceptors (Lipinski definition) is 7. The molecule has 0 bridgehead atoms. The summed E-state index contributed by atoms with van der Waals surface area (Å²) in [4.78, 5) is 0. The van der Waals surface area contributed by atoms with Gasteiger partial charge in [-0.2, -0.15) is 0 Å². The summed E-state index contributed by atoms with van der Waals surface area (Å²) in [5, 5.41) is 0. The molecule has 226 valence electrons. The summed E-state index contributed by atoms with van der Waals surface area (Å²) in [6.45, 7) is 39.1. The first-order valence-electron chi connectivity index (χ1n) is 14.1. The van der Waals surface area contributed by atoms with Crippen molar-refractivity contribution < 1.29 is 29.4 Å². The molecule has 16 heteroatoms. The Morgan fingerprint density at radius 3 is 1.22 bits per heavy atom. The molecule has 0 aromatic carbocycles. The second-order valence-corrected chi connectivity index (χ2v) is 42.2. The highest BCUT2D eigenvalue weighted by Crippen LogP contribution is 2.18. The van der Waals surface area contributed by atoms with Crippen LogP contribution in [-0.2, 0) is 29.4 Å². The van der Waals surface area contributed by atoms with Crippen molar-refractivity contribution in [2.45, 2.75) is 123 Å². The van der Waals surface area contributed by atoms with Crippen LogP contribution in [0.1, 0.15) is 0 Å². The number of rotatable bonds is 10. The summed E-state index contributed by atoms with van der Waals surface area (Å²) in [6.07, 6.45) is 0. The van der Waals surface area contributed by atoms with Crippen LogP contribution in [0, 0.1) is 0 Å². The van der Waals surface area contributed by atoms with E-state index >= 15 is 0 Å². The molecular formula is C21H64O7Si9. The van der Waals surface area contributed by atoms with Gasteiger partial charge in [0.15, 0.2) is 52.8 Å². The van der Waals surface area contributed by atoms with Crippen LogP contribution in [0.4, 0.5) is 0 Å². The summed E-state index contributed by atoms with van der Waals surface area (Å²) in [6, 6.07) is 2.41. The SMILES string of the molecule is C[SiH](C)O[Si](C)(C)O[SiH](C)C.C[SiH](O[Si](C)(C)C)O[Si](C)(C)O[Si](C)(C)C.C[SiH]1CCO[SiH](C)CCO1. The zero-order valence-electron chi connectivity index (χ0n) is 27.6. The fourth-order valence-corrected chi connectivity index (χ4v) is 30.9. The molecule has 7 nitrogen and oxygen atoms in total. The molecule has 0 N–H and O–H groups in total. The fraction of sp³-hybridized carbons (Fsp3) is 1.00. The largest absolute Gasteiger partial charge is 0.440 e. The first-order chi connectivity index (χ1) is 16.4. The van der Waals surface area contributed by atoms with E-state index in [0.29, 0.717) is 0 Å². The predicted octanol–water partition coefficient (Wildman–Crippen LogP) is 5.69. The van der Waals surface area contributed by atoms with Gasteiger partial charge in [-0.3, -0.25) is 0 Å².